The Morgan fingerprint density at radius 3 is 2.95 bits per heavy atom. The molecule has 1 fully saturated rings. The van der Waals surface area contributed by atoms with Crippen molar-refractivity contribution < 1.29 is 13.9 Å². The fourth-order valence-electron chi connectivity index (χ4n) is 2.68. The van der Waals surface area contributed by atoms with Gasteiger partial charge in [0.05, 0.1) is 5.69 Å². The van der Waals surface area contributed by atoms with Gasteiger partial charge < -0.3 is 15.8 Å². The second kappa shape index (κ2) is 6.59. The summed E-state index contributed by atoms with van der Waals surface area (Å²) in [7, 11) is 1.63. The van der Waals surface area contributed by atoms with Gasteiger partial charge in [-0.05, 0) is 31.4 Å². The van der Waals surface area contributed by atoms with E-state index in [0.29, 0.717) is 17.9 Å². The molecule has 0 aromatic heterocycles. The Balaban J connectivity index is 2.08. The van der Waals surface area contributed by atoms with Gasteiger partial charge in [-0.1, -0.05) is 6.42 Å². The molecule has 0 spiro atoms. The lowest BCUT2D eigenvalue weighted by Gasteiger charge is -2.31. The molecule has 3 N–H and O–H groups in total. The molecule has 0 aliphatic heterocycles. The van der Waals surface area contributed by atoms with Gasteiger partial charge in [-0.3, -0.25) is 4.79 Å². The third kappa shape index (κ3) is 3.62. The lowest BCUT2D eigenvalue weighted by Crippen LogP contribution is -2.34. The van der Waals surface area contributed by atoms with E-state index in [4.69, 9.17) is 10.5 Å². The number of hydrogen-bond donors (Lipinski definition) is 2. The minimum atomic E-state index is -0.368. The van der Waals surface area contributed by atoms with Crippen molar-refractivity contribution in [3.63, 3.8) is 0 Å². The lowest BCUT2D eigenvalue weighted by atomic mass is 9.84. The molecule has 2 rings (SSSR count). The van der Waals surface area contributed by atoms with Crippen LogP contribution in [0.15, 0.2) is 18.2 Å². The van der Waals surface area contributed by atoms with E-state index < -0.39 is 0 Å². The van der Waals surface area contributed by atoms with Crippen molar-refractivity contribution in [2.24, 2.45) is 5.92 Å². The Labute approximate surface area is 118 Å². The van der Waals surface area contributed by atoms with E-state index in [2.05, 4.69) is 5.32 Å². The Bertz CT molecular complexity index is 479. The Kier molecular flexibility index (Phi) is 4.82. The molecule has 0 radical (unpaired) electrons. The number of nitrogens with two attached hydrogens (primary N) is 1. The van der Waals surface area contributed by atoms with Crippen LogP contribution in [0.3, 0.4) is 0 Å². The average molecular weight is 280 g/mol. The maximum atomic E-state index is 13.3. The highest BCUT2D eigenvalue weighted by Crippen LogP contribution is 2.33. The zero-order valence-electron chi connectivity index (χ0n) is 11.7. The number of carbonyl (C=O) groups is 1. The highest BCUT2D eigenvalue weighted by atomic mass is 19.1. The monoisotopic (exact) mass is 280 g/mol. The summed E-state index contributed by atoms with van der Waals surface area (Å²) in [5.74, 6) is 0.177. The highest BCUT2D eigenvalue weighted by molar-refractivity contribution is 5.75. The summed E-state index contributed by atoms with van der Waals surface area (Å²) < 4.78 is 19.1. The van der Waals surface area contributed by atoms with Gasteiger partial charge in [-0.15, -0.1) is 0 Å². The van der Waals surface area contributed by atoms with Crippen LogP contribution < -0.4 is 15.8 Å². The van der Waals surface area contributed by atoms with Crippen LogP contribution in [0.5, 0.6) is 5.75 Å². The molecule has 0 saturated heterocycles. The molecule has 0 unspecified atom stereocenters. The minimum absolute atomic E-state index is 0.0118. The maximum Gasteiger partial charge on any atom is 0.220 e. The first-order valence-electron chi connectivity index (χ1n) is 7.02. The topological polar surface area (TPSA) is 64.3 Å². The van der Waals surface area contributed by atoms with Crippen LogP contribution in [-0.2, 0) is 4.79 Å². The van der Waals surface area contributed by atoms with Crippen LogP contribution in [-0.4, -0.2) is 19.1 Å². The van der Waals surface area contributed by atoms with E-state index in [9.17, 15) is 9.18 Å². The van der Waals surface area contributed by atoms with Crippen LogP contribution in [0.1, 0.15) is 32.1 Å². The number of ether oxygens (including phenoxy) is 1. The van der Waals surface area contributed by atoms with Crippen LogP contribution >= 0.6 is 0 Å². The third-order valence-corrected chi connectivity index (χ3v) is 3.82. The number of amides is 1. The molecule has 1 aromatic carbocycles. The Hall–Kier alpha value is -1.78. The quantitative estimate of drug-likeness (QED) is 0.833. The van der Waals surface area contributed by atoms with E-state index in [1.165, 1.54) is 18.2 Å². The summed E-state index contributed by atoms with van der Waals surface area (Å²) in [5, 5.41) is 2.64. The Morgan fingerprint density at radius 1 is 1.45 bits per heavy atom. The van der Waals surface area contributed by atoms with Crippen molar-refractivity contribution in [2.75, 3.05) is 12.8 Å². The standard InChI is InChI=1S/C15H21FN2O2/c1-18-15(19)8-10-4-2-3-5-13(10)20-14-9-11(16)6-7-12(14)17/h6-7,9-10,13H,2-5,8,17H2,1H3,(H,18,19)/t10-,13+/m0/s1. The predicted molar refractivity (Wildman–Crippen MR) is 75.9 cm³/mol. The molecular weight excluding hydrogens is 259 g/mol. The third-order valence-electron chi connectivity index (χ3n) is 3.82. The predicted octanol–water partition coefficient (Wildman–Crippen LogP) is 2.48. The van der Waals surface area contributed by atoms with E-state index in [1.807, 2.05) is 0 Å². The summed E-state index contributed by atoms with van der Waals surface area (Å²) in [6.07, 6.45) is 4.34. The van der Waals surface area contributed by atoms with Gasteiger partial charge in [0.2, 0.25) is 5.91 Å². The highest BCUT2D eigenvalue weighted by Gasteiger charge is 2.29. The fourth-order valence-corrected chi connectivity index (χ4v) is 2.68. The summed E-state index contributed by atoms with van der Waals surface area (Å²) in [5.41, 5.74) is 6.24. The van der Waals surface area contributed by atoms with E-state index in [1.54, 1.807) is 7.05 Å². The minimum Gasteiger partial charge on any atom is -0.488 e. The van der Waals surface area contributed by atoms with E-state index in [0.717, 1.165) is 25.7 Å². The van der Waals surface area contributed by atoms with E-state index in [-0.39, 0.29) is 23.7 Å². The maximum absolute atomic E-state index is 13.3. The number of halogens is 1. The number of anilines is 1. The number of benzene rings is 1. The summed E-state index contributed by atoms with van der Waals surface area (Å²) >= 11 is 0. The second-order valence-corrected chi connectivity index (χ2v) is 5.26. The smallest absolute Gasteiger partial charge is 0.220 e. The molecule has 1 saturated carbocycles. The number of rotatable bonds is 4. The average Bonchev–Trinajstić information content (AvgIpc) is 2.44. The van der Waals surface area contributed by atoms with Gasteiger partial charge in [0.15, 0.2) is 0 Å². The molecule has 5 heteroatoms. The van der Waals surface area contributed by atoms with Crippen molar-refractivity contribution in [3.05, 3.63) is 24.0 Å². The number of nitrogens with one attached hydrogen (secondary N) is 1. The number of carbonyl (C=O) groups excluding carboxylic acids is 1. The second-order valence-electron chi connectivity index (χ2n) is 5.26. The molecule has 1 aliphatic carbocycles. The SMILES string of the molecule is CNC(=O)C[C@@H]1CCCC[C@H]1Oc1cc(F)ccc1N. The molecule has 1 amide bonds. The first-order chi connectivity index (χ1) is 9.60. The van der Waals surface area contributed by atoms with Gasteiger partial charge >= 0.3 is 0 Å². The van der Waals surface area contributed by atoms with Crippen LogP contribution in [0.4, 0.5) is 10.1 Å². The molecule has 1 aliphatic rings. The van der Waals surface area contributed by atoms with Crippen molar-refractivity contribution in [1.29, 1.82) is 0 Å². The summed E-state index contributed by atoms with van der Waals surface area (Å²) in [6.45, 7) is 0. The molecule has 1 aromatic rings. The molecule has 2 atom stereocenters. The molecule has 20 heavy (non-hydrogen) atoms. The van der Waals surface area contributed by atoms with E-state index >= 15 is 0 Å². The van der Waals surface area contributed by atoms with Crippen molar-refractivity contribution in [1.82, 2.24) is 5.32 Å². The van der Waals surface area contributed by atoms with Crippen LogP contribution in [0.2, 0.25) is 0 Å². The largest absolute Gasteiger partial charge is 0.488 e. The molecule has 0 bridgehead atoms. The van der Waals surface area contributed by atoms with Crippen molar-refractivity contribution in [2.45, 2.75) is 38.2 Å². The fraction of sp³-hybridized carbons (Fsp3) is 0.533. The first kappa shape index (κ1) is 14.6. The van der Waals surface area contributed by atoms with Gasteiger partial charge in [-0.25, -0.2) is 4.39 Å². The van der Waals surface area contributed by atoms with Crippen molar-refractivity contribution >= 4 is 11.6 Å². The van der Waals surface area contributed by atoms with Gasteiger partial charge in [0.25, 0.3) is 0 Å². The summed E-state index contributed by atoms with van der Waals surface area (Å²) in [4.78, 5) is 11.5. The lowest BCUT2D eigenvalue weighted by molar-refractivity contribution is -0.122. The first-order valence-corrected chi connectivity index (χ1v) is 7.02. The van der Waals surface area contributed by atoms with Crippen LogP contribution in [0, 0.1) is 11.7 Å². The normalized spacial score (nSPS) is 22.3. The summed E-state index contributed by atoms with van der Waals surface area (Å²) in [6, 6.07) is 4.12. The molecule has 4 nitrogen and oxygen atoms in total. The molecule has 110 valence electrons. The Morgan fingerprint density at radius 2 is 2.20 bits per heavy atom. The van der Waals surface area contributed by atoms with Crippen LogP contribution in [0.25, 0.3) is 0 Å². The van der Waals surface area contributed by atoms with Gasteiger partial charge in [0, 0.05) is 25.5 Å². The van der Waals surface area contributed by atoms with Gasteiger partial charge in [-0.2, -0.15) is 0 Å². The number of nitrogen functional groups attached to an aromatic ring is 1. The van der Waals surface area contributed by atoms with Gasteiger partial charge in [0.1, 0.15) is 17.7 Å². The molecular formula is C15H21FN2O2. The zero-order chi connectivity index (χ0) is 14.5. The number of hydrogen-bond acceptors (Lipinski definition) is 3. The zero-order valence-corrected chi connectivity index (χ0v) is 11.7. The van der Waals surface area contributed by atoms with Crippen molar-refractivity contribution in [3.8, 4) is 5.75 Å². The molecule has 0 heterocycles.